The van der Waals surface area contributed by atoms with E-state index in [-0.39, 0.29) is 35.2 Å². The second kappa shape index (κ2) is 11.2. The van der Waals surface area contributed by atoms with Crippen molar-refractivity contribution in [2.24, 2.45) is 5.92 Å². The number of hydrogen-bond acceptors (Lipinski definition) is 5. The Bertz CT molecular complexity index is 705. The topological polar surface area (TPSA) is 75.6 Å². The molecule has 0 bridgehead atoms. The van der Waals surface area contributed by atoms with Crippen molar-refractivity contribution >= 4 is 22.8 Å². The monoisotopic (exact) mass is 403 g/mol. The maximum atomic E-state index is 12.5. The van der Waals surface area contributed by atoms with Gasteiger partial charge in [-0.1, -0.05) is 55.1 Å². The van der Waals surface area contributed by atoms with E-state index in [1.165, 1.54) is 23.9 Å². The number of carbonyl (C=O) groups excluding carboxylic acids is 2. The molecule has 0 radical (unpaired) electrons. The first-order valence-corrected chi connectivity index (χ1v) is 10.4. The molecule has 1 fully saturated rings. The number of nitrogens with one attached hydrogen (secondary N) is 1. The Hall–Kier alpha value is -1.89. The third kappa shape index (κ3) is 7.62. The lowest BCUT2D eigenvalue weighted by atomic mass is 9.88. The standard InChI is InChI=1S/C22H29NO4S/c1-15-13-19(23-21(25)12-11-16(2)24)17(3)27-20(15)14-22(26)28-18-9-7-5-4-6-8-10-18/h4-12,15-17,19-20,24H,13-14H2,1-3H3,(H,23,25)/b5-4-,6-4?,7-5?,8-6-,9-7?,10-8?,12-11-,18-9?,18-10?/t15-,16-,17+,19+,20-/m0/s1. The lowest BCUT2D eigenvalue weighted by Gasteiger charge is -2.39. The van der Waals surface area contributed by atoms with Gasteiger partial charge < -0.3 is 15.2 Å². The van der Waals surface area contributed by atoms with Gasteiger partial charge >= 0.3 is 0 Å². The molecule has 152 valence electrons. The van der Waals surface area contributed by atoms with E-state index in [0.29, 0.717) is 6.42 Å². The van der Waals surface area contributed by atoms with Gasteiger partial charge in [0.2, 0.25) is 5.91 Å². The highest BCUT2D eigenvalue weighted by atomic mass is 32.2. The van der Waals surface area contributed by atoms with Crippen LogP contribution in [0.1, 0.15) is 33.6 Å². The Labute approximate surface area is 171 Å². The molecule has 0 aromatic heterocycles. The van der Waals surface area contributed by atoms with Gasteiger partial charge in [-0.2, -0.15) is 0 Å². The summed E-state index contributed by atoms with van der Waals surface area (Å²) in [4.78, 5) is 25.4. The predicted molar refractivity (Wildman–Crippen MR) is 114 cm³/mol. The maximum Gasteiger partial charge on any atom is 0.244 e. The Kier molecular flexibility index (Phi) is 8.96. The highest BCUT2D eigenvalue weighted by Crippen LogP contribution is 2.30. The molecule has 2 aliphatic rings. The number of amides is 1. The van der Waals surface area contributed by atoms with Gasteiger partial charge in [-0.05, 0) is 38.3 Å². The van der Waals surface area contributed by atoms with Gasteiger partial charge in [-0.15, -0.1) is 0 Å². The summed E-state index contributed by atoms with van der Waals surface area (Å²) in [6.45, 7) is 5.55. The Balaban J connectivity index is 1.86. The quantitative estimate of drug-likeness (QED) is 0.665. The van der Waals surface area contributed by atoms with Crippen LogP contribution >= 0.6 is 11.8 Å². The molecule has 0 spiro atoms. The summed E-state index contributed by atoms with van der Waals surface area (Å²) in [6.07, 6.45) is 16.3. The number of aliphatic hydroxyl groups is 1. The van der Waals surface area contributed by atoms with Crippen molar-refractivity contribution in [3.05, 3.63) is 59.6 Å². The molecule has 5 nitrogen and oxygen atoms in total. The van der Waals surface area contributed by atoms with Crippen LogP contribution < -0.4 is 5.32 Å². The second-order valence-electron chi connectivity index (χ2n) is 7.18. The van der Waals surface area contributed by atoms with Crippen molar-refractivity contribution in [2.45, 2.75) is 58.0 Å². The molecule has 1 aliphatic carbocycles. The summed E-state index contributed by atoms with van der Waals surface area (Å²) in [5, 5.41) is 12.2. The second-order valence-corrected chi connectivity index (χ2v) is 8.31. The fraction of sp³-hybridized carbons (Fsp3) is 0.455. The summed E-state index contributed by atoms with van der Waals surface area (Å²) >= 11 is 1.23. The number of ether oxygens (including phenoxy) is 1. The fourth-order valence-corrected chi connectivity index (χ4v) is 3.89. The molecule has 2 rings (SSSR count). The van der Waals surface area contributed by atoms with Crippen molar-refractivity contribution in [1.29, 1.82) is 0 Å². The van der Waals surface area contributed by atoms with Gasteiger partial charge in [0.1, 0.15) is 0 Å². The van der Waals surface area contributed by atoms with Gasteiger partial charge in [0, 0.05) is 17.4 Å². The van der Waals surface area contributed by atoms with Gasteiger partial charge in [0.15, 0.2) is 5.12 Å². The lowest BCUT2D eigenvalue weighted by Crippen LogP contribution is -2.51. The smallest absolute Gasteiger partial charge is 0.244 e. The summed E-state index contributed by atoms with van der Waals surface area (Å²) in [7, 11) is 0. The van der Waals surface area contributed by atoms with E-state index in [4.69, 9.17) is 4.74 Å². The normalized spacial score (nSPS) is 30.8. The number of allylic oxidation sites excluding steroid dienone is 7. The Morgan fingerprint density at radius 1 is 1.29 bits per heavy atom. The maximum absolute atomic E-state index is 12.5. The highest BCUT2D eigenvalue weighted by Gasteiger charge is 2.35. The van der Waals surface area contributed by atoms with E-state index in [2.05, 4.69) is 5.32 Å². The fourth-order valence-electron chi connectivity index (χ4n) is 3.09. The summed E-state index contributed by atoms with van der Waals surface area (Å²) in [6, 6.07) is -0.117. The first kappa shape index (κ1) is 22.4. The minimum Gasteiger partial charge on any atom is -0.389 e. The van der Waals surface area contributed by atoms with Crippen molar-refractivity contribution in [1.82, 2.24) is 5.32 Å². The molecule has 6 heteroatoms. The summed E-state index contributed by atoms with van der Waals surface area (Å²) in [5.74, 6) is -0.0970. The Morgan fingerprint density at radius 3 is 2.75 bits per heavy atom. The lowest BCUT2D eigenvalue weighted by molar-refractivity contribution is -0.129. The molecule has 0 saturated carbocycles. The SMILES string of the molecule is C[C@H](O)/C=C\C(=O)N[C@@H]1C[C@H](C)[C@H](CC(=O)SC2=C/C=C\C=C/C=C2)O[C@@H]1C. The van der Waals surface area contributed by atoms with E-state index in [9.17, 15) is 14.7 Å². The van der Waals surface area contributed by atoms with Crippen LogP contribution in [0.4, 0.5) is 0 Å². The van der Waals surface area contributed by atoms with Gasteiger partial charge in [-0.3, -0.25) is 9.59 Å². The molecule has 0 aromatic carbocycles. The third-order valence-corrected chi connectivity index (χ3v) is 5.54. The zero-order valence-corrected chi connectivity index (χ0v) is 17.4. The molecule has 2 N–H and O–H groups in total. The van der Waals surface area contributed by atoms with Crippen LogP contribution in [0.15, 0.2) is 59.6 Å². The molecule has 0 unspecified atom stereocenters. The van der Waals surface area contributed by atoms with Crippen LogP contribution in [-0.2, 0) is 14.3 Å². The molecule has 1 saturated heterocycles. The minimum absolute atomic E-state index is 0.0697. The van der Waals surface area contributed by atoms with Crippen LogP contribution in [0.2, 0.25) is 0 Å². The minimum atomic E-state index is -0.660. The molecule has 1 amide bonds. The average molecular weight is 404 g/mol. The average Bonchev–Trinajstić information content (AvgIpc) is 2.59. The number of thioether (sulfide) groups is 1. The Morgan fingerprint density at radius 2 is 2.00 bits per heavy atom. The van der Waals surface area contributed by atoms with E-state index in [1.807, 2.05) is 56.4 Å². The molecular formula is C22H29NO4S. The summed E-state index contributed by atoms with van der Waals surface area (Å²) < 4.78 is 6.06. The van der Waals surface area contributed by atoms with E-state index >= 15 is 0 Å². The molecular weight excluding hydrogens is 374 g/mol. The van der Waals surface area contributed by atoms with E-state index in [0.717, 1.165) is 11.3 Å². The first-order chi connectivity index (χ1) is 13.3. The zero-order valence-electron chi connectivity index (χ0n) is 16.6. The molecule has 0 aromatic rings. The van der Waals surface area contributed by atoms with Crippen molar-refractivity contribution in [2.75, 3.05) is 0 Å². The van der Waals surface area contributed by atoms with Crippen LogP contribution in [0, 0.1) is 5.92 Å². The van der Waals surface area contributed by atoms with Crippen LogP contribution in [0.25, 0.3) is 0 Å². The van der Waals surface area contributed by atoms with Crippen molar-refractivity contribution in [3.8, 4) is 0 Å². The first-order valence-electron chi connectivity index (χ1n) is 9.59. The predicted octanol–water partition coefficient (Wildman–Crippen LogP) is 3.44. The van der Waals surface area contributed by atoms with Gasteiger partial charge in [-0.25, -0.2) is 0 Å². The zero-order chi connectivity index (χ0) is 20.5. The van der Waals surface area contributed by atoms with Crippen LogP contribution in [0.5, 0.6) is 0 Å². The largest absolute Gasteiger partial charge is 0.389 e. The number of rotatable bonds is 6. The van der Waals surface area contributed by atoms with Gasteiger partial charge in [0.25, 0.3) is 0 Å². The molecule has 28 heavy (non-hydrogen) atoms. The molecule has 5 atom stereocenters. The van der Waals surface area contributed by atoms with Gasteiger partial charge in [0.05, 0.1) is 24.4 Å². The van der Waals surface area contributed by atoms with Crippen molar-refractivity contribution < 1.29 is 19.4 Å². The number of carbonyl (C=O) groups is 2. The molecule has 1 aliphatic heterocycles. The van der Waals surface area contributed by atoms with E-state index < -0.39 is 6.10 Å². The highest BCUT2D eigenvalue weighted by molar-refractivity contribution is 8.17. The van der Waals surface area contributed by atoms with Crippen molar-refractivity contribution in [3.63, 3.8) is 0 Å². The van der Waals surface area contributed by atoms with E-state index in [1.54, 1.807) is 6.92 Å². The number of hydrogen-bond donors (Lipinski definition) is 2. The summed E-state index contributed by atoms with van der Waals surface area (Å²) in [5.41, 5.74) is 0. The van der Waals surface area contributed by atoms with Crippen LogP contribution in [-0.4, -0.2) is 40.5 Å². The third-order valence-electron chi connectivity index (χ3n) is 4.64. The van der Waals surface area contributed by atoms with Crippen LogP contribution in [0.3, 0.4) is 0 Å². The number of aliphatic hydroxyl groups excluding tert-OH is 1. The molecule has 1 heterocycles.